The van der Waals surface area contributed by atoms with E-state index in [1.54, 1.807) is 0 Å². The van der Waals surface area contributed by atoms with Crippen LogP contribution in [-0.2, 0) is 0 Å². The summed E-state index contributed by atoms with van der Waals surface area (Å²) in [7, 11) is 0. The number of nitrogens with zero attached hydrogens (tertiary/aromatic N) is 2. The highest BCUT2D eigenvalue weighted by Gasteiger charge is 2.29. The molecule has 0 saturated heterocycles. The van der Waals surface area contributed by atoms with Crippen molar-refractivity contribution >= 4 is 154 Å². The Labute approximate surface area is 436 Å². The quantitative estimate of drug-likeness (QED) is 0.141. The standard InChI is InChI=1S/C70H48N2O4/c1-39(2)53-37-59(71(41-27-33-65-55(35-41)45-17-7-9-23-61(45)73-65)57-21-13-19-49-43-15-5-11-25-63(43)75-69(49)57)51-32-30-48-54(40(3)4)38-60(52-31-29-47(53)67(51)68(48)52)72(42-28-34-66-56(36-42)46-18-8-10-24-62(46)74-66)58-22-14-20-50-44-16-6-12-26-64(44)76-70(50)58/h5-40H,1-4H3. The summed E-state index contributed by atoms with van der Waals surface area (Å²) in [6.45, 7) is 9.28. The molecule has 0 amide bonds. The minimum atomic E-state index is 0.190. The molecule has 0 atom stereocenters. The molecule has 0 bridgehead atoms. The summed E-state index contributed by atoms with van der Waals surface area (Å²) in [6.07, 6.45) is 0. The van der Waals surface area contributed by atoms with Crippen LogP contribution in [0.5, 0.6) is 0 Å². The molecule has 0 aliphatic heterocycles. The normalized spacial score (nSPS) is 12.4. The third kappa shape index (κ3) is 6.09. The molecule has 0 aliphatic rings. The molecule has 16 aromatic rings. The summed E-state index contributed by atoms with van der Waals surface area (Å²) in [5.74, 6) is 0.380. The molecular formula is C70H48N2O4. The first-order chi connectivity index (χ1) is 37.3. The maximum atomic E-state index is 6.94. The van der Waals surface area contributed by atoms with Crippen LogP contribution in [0.1, 0.15) is 50.7 Å². The van der Waals surface area contributed by atoms with Gasteiger partial charge in [0, 0.05) is 65.2 Å². The zero-order valence-electron chi connectivity index (χ0n) is 42.3. The van der Waals surface area contributed by atoms with E-state index in [0.29, 0.717) is 0 Å². The Morgan fingerprint density at radius 2 is 0.605 bits per heavy atom. The van der Waals surface area contributed by atoms with Crippen LogP contribution in [0.15, 0.2) is 224 Å². The van der Waals surface area contributed by atoms with Gasteiger partial charge in [0.2, 0.25) is 0 Å². The van der Waals surface area contributed by atoms with E-state index in [9.17, 15) is 0 Å². The van der Waals surface area contributed by atoms with Crippen LogP contribution in [0.4, 0.5) is 34.1 Å². The molecule has 16 rings (SSSR count). The molecule has 12 aromatic carbocycles. The average molecular weight is 981 g/mol. The maximum absolute atomic E-state index is 6.94. The Morgan fingerprint density at radius 3 is 1.01 bits per heavy atom. The molecule has 0 N–H and O–H groups in total. The fraction of sp³-hybridized carbons (Fsp3) is 0.0857. The van der Waals surface area contributed by atoms with Crippen molar-refractivity contribution < 1.29 is 17.7 Å². The smallest absolute Gasteiger partial charge is 0.159 e. The molecule has 4 heterocycles. The van der Waals surface area contributed by atoms with Crippen molar-refractivity contribution in [3.8, 4) is 0 Å². The largest absolute Gasteiger partial charge is 0.456 e. The molecule has 0 radical (unpaired) electrons. The molecule has 76 heavy (non-hydrogen) atoms. The predicted molar refractivity (Wildman–Crippen MR) is 317 cm³/mol. The van der Waals surface area contributed by atoms with Crippen LogP contribution in [0.2, 0.25) is 0 Å². The Bertz CT molecular complexity index is 4730. The molecule has 0 aliphatic carbocycles. The number of anilines is 6. The topological polar surface area (TPSA) is 59.0 Å². The van der Waals surface area contributed by atoms with Gasteiger partial charge in [-0.2, -0.15) is 0 Å². The lowest BCUT2D eigenvalue weighted by Crippen LogP contribution is -2.13. The van der Waals surface area contributed by atoms with Crippen LogP contribution in [-0.4, -0.2) is 0 Å². The van der Waals surface area contributed by atoms with Gasteiger partial charge in [-0.05, 0) is 129 Å². The predicted octanol–water partition coefficient (Wildman–Crippen LogP) is 21.4. The highest BCUT2D eigenvalue weighted by atomic mass is 16.3. The van der Waals surface area contributed by atoms with Crippen LogP contribution < -0.4 is 9.80 Å². The Hall–Kier alpha value is -9.52. The highest BCUT2D eigenvalue weighted by molar-refractivity contribution is 6.30. The average Bonchev–Trinajstić information content (AvgIpc) is 4.32. The van der Waals surface area contributed by atoms with Crippen molar-refractivity contribution in [1.29, 1.82) is 0 Å². The van der Waals surface area contributed by atoms with E-state index in [-0.39, 0.29) is 11.8 Å². The summed E-state index contributed by atoms with van der Waals surface area (Å²) >= 11 is 0. The molecule has 6 heteroatoms. The van der Waals surface area contributed by atoms with Gasteiger partial charge in [0.05, 0.1) is 22.7 Å². The molecule has 6 nitrogen and oxygen atoms in total. The molecule has 0 unspecified atom stereocenters. The van der Waals surface area contributed by atoms with Crippen molar-refractivity contribution in [1.82, 2.24) is 0 Å². The minimum Gasteiger partial charge on any atom is -0.456 e. The lowest BCUT2D eigenvalue weighted by molar-refractivity contribution is 0.668. The van der Waals surface area contributed by atoms with Gasteiger partial charge in [-0.3, -0.25) is 0 Å². The first kappa shape index (κ1) is 42.9. The highest BCUT2D eigenvalue weighted by Crippen LogP contribution is 2.54. The van der Waals surface area contributed by atoms with E-state index in [4.69, 9.17) is 17.7 Å². The monoisotopic (exact) mass is 980 g/mol. The SMILES string of the molecule is CC(C)c1cc(N(c2ccc3oc4ccccc4c3c2)c2cccc3c2oc2ccccc23)c2ccc3c(C(C)C)cc(N(c4ccc5oc6ccccc6c5c4)c4cccc5c4oc4ccccc45)c4ccc1c2c34. The van der Waals surface area contributed by atoms with Crippen LogP contribution >= 0.6 is 0 Å². The Balaban J connectivity index is 1.03. The number of hydrogen-bond donors (Lipinski definition) is 0. The lowest BCUT2D eigenvalue weighted by Gasteiger charge is -2.31. The molecule has 362 valence electrons. The van der Waals surface area contributed by atoms with Gasteiger partial charge < -0.3 is 27.5 Å². The van der Waals surface area contributed by atoms with E-state index < -0.39 is 0 Å². The number of fused-ring (bicyclic) bond motifs is 12. The Morgan fingerprint density at radius 1 is 0.263 bits per heavy atom. The number of furan rings is 4. The van der Waals surface area contributed by atoms with Crippen molar-refractivity contribution in [2.24, 2.45) is 0 Å². The number of rotatable bonds is 8. The van der Waals surface area contributed by atoms with Crippen LogP contribution in [0.3, 0.4) is 0 Å². The summed E-state index contributed by atoms with van der Waals surface area (Å²) < 4.78 is 26.8. The molecule has 0 spiro atoms. The van der Waals surface area contributed by atoms with Gasteiger partial charge in [-0.25, -0.2) is 0 Å². The summed E-state index contributed by atoms with van der Waals surface area (Å²) in [4.78, 5) is 4.87. The fourth-order valence-corrected chi connectivity index (χ4v) is 12.7. The summed E-state index contributed by atoms with van der Waals surface area (Å²) in [6, 6.07) is 74.1. The first-order valence-electron chi connectivity index (χ1n) is 26.4. The van der Waals surface area contributed by atoms with Crippen molar-refractivity contribution in [3.05, 3.63) is 217 Å². The van der Waals surface area contributed by atoms with Crippen molar-refractivity contribution in [2.75, 3.05) is 9.80 Å². The van der Waals surface area contributed by atoms with Crippen LogP contribution in [0, 0.1) is 0 Å². The van der Waals surface area contributed by atoms with Gasteiger partial charge in [0.25, 0.3) is 0 Å². The molecule has 0 fully saturated rings. The van der Waals surface area contributed by atoms with Crippen molar-refractivity contribution in [3.63, 3.8) is 0 Å². The van der Waals surface area contributed by atoms with Crippen molar-refractivity contribution in [2.45, 2.75) is 39.5 Å². The number of hydrogen-bond acceptors (Lipinski definition) is 6. The van der Waals surface area contributed by atoms with E-state index in [1.165, 1.54) is 32.7 Å². The van der Waals surface area contributed by atoms with Crippen LogP contribution in [0.25, 0.3) is 120 Å². The van der Waals surface area contributed by atoms with E-state index >= 15 is 0 Å². The maximum Gasteiger partial charge on any atom is 0.159 e. The summed E-state index contributed by atoms with van der Waals surface area (Å²) in [5, 5.41) is 15.8. The first-order valence-corrected chi connectivity index (χ1v) is 26.4. The zero-order valence-corrected chi connectivity index (χ0v) is 42.3. The third-order valence-corrected chi connectivity index (χ3v) is 16.1. The van der Waals surface area contributed by atoms with E-state index in [1.807, 2.05) is 36.4 Å². The van der Waals surface area contributed by atoms with Gasteiger partial charge in [0.1, 0.15) is 33.5 Å². The van der Waals surface area contributed by atoms with Gasteiger partial charge in [-0.15, -0.1) is 0 Å². The second-order valence-corrected chi connectivity index (χ2v) is 21.1. The van der Waals surface area contributed by atoms with E-state index in [2.05, 4.69) is 207 Å². The minimum absolute atomic E-state index is 0.190. The molecular weight excluding hydrogens is 933 g/mol. The summed E-state index contributed by atoms with van der Waals surface area (Å²) in [5.41, 5.74) is 15.4. The third-order valence-electron chi connectivity index (χ3n) is 16.1. The molecule has 4 aromatic heterocycles. The van der Waals surface area contributed by atoms with Gasteiger partial charge in [-0.1, -0.05) is 149 Å². The number of benzene rings is 12. The second-order valence-electron chi connectivity index (χ2n) is 21.1. The zero-order chi connectivity index (χ0) is 50.5. The van der Waals surface area contributed by atoms with E-state index in [0.717, 1.165) is 133 Å². The fourth-order valence-electron chi connectivity index (χ4n) is 12.7. The van der Waals surface area contributed by atoms with Gasteiger partial charge in [0.15, 0.2) is 11.2 Å². The number of para-hydroxylation sites is 6. The van der Waals surface area contributed by atoms with Gasteiger partial charge >= 0.3 is 0 Å². The second kappa shape index (κ2) is 16.0. The Kier molecular flexibility index (Phi) is 9.03. The lowest BCUT2D eigenvalue weighted by atomic mass is 9.84. The molecule has 0 saturated carbocycles.